The number of sulfonamides is 1. The number of H-pyrrole nitrogens is 1. The lowest BCUT2D eigenvalue weighted by atomic mass is 9.83. The number of carbonyl (C=O) groups is 1. The van der Waals surface area contributed by atoms with Gasteiger partial charge in [-0.1, -0.05) is 32.4 Å². The molecule has 4 rings (SSSR count). The summed E-state index contributed by atoms with van der Waals surface area (Å²) in [5, 5.41) is 2.11. The third-order valence-electron chi connectivity index (χ3n) is 6.22. The van der Waals surface area contributed by atoms with Gasteiger partial charge in [-0.2, -0.15) is 4.31 Å². The van der Waals surface area contributed by atoms with E-state index in [1.54, 1.807) is 29.4 Å². The molecule has 3 aromatic rings. The van der Waals surface area contributed by atoms with Gasteiger partial charge in [0.25, 0.3) is 0 Å². The van der Waals surface area contributed by atoms with Crippen LogP contribution >= 0.6 is 22.9 Å². The number of aromatic amines is 1. The van der Waals surface area contributed by atoms with Crippen molar-refractivity contribution in [1.82, 2.24) is 19.2 Å². The average molecular weight is 581 g/mol. The Balaban J connectivity index is 1.67. The first-order valence-corrected chi connectivity index (χ1v) is 17.6. The van der Waals surface area contributed by atoms with Gasteiger partial charge in [-0.05, 0) is 48.9 Å². The van der Waals surface area contributed by atoms with Crippen LogP contribution in [0.4, 0.5) is 0 Å². The van der Waals surface area contributed by atoms with Crippen molar-refractivity contribution in [1.29, 1.82) is 0 Å². The molecule has 0 saturated carbocycles. The highest BCUT2D eigenvalue weighted by atomic mass is 35.5. The van der Waals surface area contributed by atoms with Crippen LogP contribution in [0.25, 0.3) is 17.0 Å². The van der Waals surface area contributed by atoms with Crippen molar-refractivity contribution in [3.8, 4) is 0 Å². The van der Waals surface area contributed by atoms with E-state index in [9.17, 15) is 13.2 Å². The molecule has 0 aromatic carbocycles. The second kappa shape index (κ2) is 11.0. The lowest BCUT2D eigenvalue weighted by molar-refractivity contribution is -0.144. The summed E-state index contributed by atoms with van der Waals surface area (Å²) >= 11 is 7.27. The van der Waals surface area contributed by atoms with Crippen LogP contribution in [0.15, 0.2) is 42.1 Å². The van der Waals surface area contributed by atoms with Gasteiger partial charge in [0.2, 0.25) is 15.9 Å². The van der Waals surface area contributed by atoms with E-state index in [1.165, 1.54) is 21.7 Å². The number of rotatable bonds is 8. The number of pyridine rings is 1. The van der Waals surface area contributed by atoms with Crippen molar-refractivity contribution in [3.63, 3.8) is 0 Å². The number of aromatic nitrogens is 2. The van der Waals surface area contributed by atoms with E-state index in [0.717, 1.165) is 26.9 Å². The van der Waals surface area contributed by atoms with Gasteiger partial charge in [0, 0.05) is 45.8 Å². The van der Waals surface area contributed by atoms with Gasteiger partial charge in [0.15, 0.2) is 9.04 Å². The van der Waals surface area contributed by atoms with Gasteiger partial charge in [-0.15, -0.1) is 11.3 Å². The molecule has 0 aliphatic carbocycles. The van der Waals surface area contributed by atoms with Crippen molar-refractivity contribution in [2.45, 2.75) is 52.6 Å². The van der Waals surface area contributed by atoms with Gasteiger partial charge in [0.1, 0.15) is 0 Å². The molecular formula is C25H33ClN4O4S2Si. The molecule has 12 heteroatoms. The molecule has 1 unspecified atom stereocenters. The fraction of sp³-hybridized carbons (Fsp3) is 0.440. The maximum atomic E-state index is 13.6. The minimum Gasteiger partial charge on any atom is -0.415 e. The summed E-state index contributed by atoms with van der Waals surface area (Å²) in [7, 11) is -5.37. The Kier molecular flexibility index (Phi) is 8.32. The second-order valence-corrected chi connectivity index (χ2v) is 16.5. The lowest BCUT2D eigenvalue weighted by Gasteiger charge is -2.47. The normalized spacial score (nSPS) is 18.9. The fourth-order valence-corrected chi connectivity index (χ4v) is 7.95. The molecule has 1 N–H and O–H groups in total. The molecule has 8 nitrogen and oxygen atoms in total. The van der Waals surface area contributed by atoms with Crippen LogP contribution in [-0.4, -0.2) is 67.8 Å². The van der Waals surface area contributed by atoms with E-state index in [-0.39, 0.29) is 30.5 Å². The molecule has 1 aliphatic rings. The summed E-state index contributed by atoms with van der Waals surface area (Å²) < 4.78 is 35.0. The maximum Gasteiger partial charge on any atom is 0.238 e. The molecule has 1 saturated heterocycles. The van der Waals surface area contributed by atoms with Crippen LogP contribution in [0.2, 0.25) is 17.4 Å². The van der Waals surface area contributed by atoms with Crippen molar-refractivity contribution in [2.75, 3.05) is 13.1 Å². The summed E-state index contributed by atoms with van der Waals surface area (Å²) in [6.45, 7) is 10.6. The Labute approximate surface area is 229 Å². The Bertz CT molecular complexity index is 1360. The zero-order valence-electron chi connectivity index (χ0n) is 21.6. The summed E-state index contributed by atoms with van der Waals surface area (Å²) in [5.41, 5.74) is 1.48. The van der Waals surface area contributed by atoms with Gasteiger partial charge in [0.05, 0.1) is 29.6 Å². The highest BCUT2D eigenvalue weighted by molar-refractivity contribution is 7.92. The van der Waals surface area contributed by atoms with E-state index < -0.39 is 25.1 Å². The summed E-state index contributed by atoms with van der Waals surface area (Å²) in [4.78, 5) is 23.6. The van der Waals surface area contributed by atoms with E-state index >= 15 is 0 Å². The summed E-state index contributed by atoms with van der Waals surface area (Å²) in [6.07, 6.45) is 4.67. The molecule has 200 valence electrons. The van der Waals surface area contributed by atoms with Gasteiger partial charge >= 0.3 is 0 Å². The first kappa shape index (κ1) is 28.0. The van der Waals surface area contributed by atoms with Gasteiger partial charge in [-0.3, -0.25) is 9.78 Å². The van der Waals surface area contributed by atoms with Crippen molar-refractivity contribution in [3.05, 3.63) is 57.0 Å². The number of fused-ring (bicyclic) bond motifs is 1. The maximum absolute atomic E-state index is 13.6. The largest absolute Gasteiger partial charge is 0.415 e. The van der Waals surface area contributed by atoms with Gasteiger partial charge < -0.3 is 14.3 Å². The number of nitrogens with zero attached hydrogens (tertiary/aromatic N) is 3. The molecule has 0 bridgehead atoms. The van der Waals surface area contributed by atoms with Gasteiger partial charge in [-0.25, -0.2) is 8.42 Å². The first-order chi connectivity index (χ1) is 17.3. The summed E-state index contributed by atoms with van der Waals surface area (Å²) in [5.74, 6) is -0.257. The molecular weight excluding hydrogens is 548 g/mol. The SMILES string of the molecule is C[SiH](C)O[C@@H](C1CN(S(=O)(=O)/C=C/c2ccc(Cl)s2)CC(=O)N1Cc1cc2cnccc2[nH]1)C(C)(C)C. The first-order valence-electron chi connectivity index (χ1n) is 12.1. The van der Waals surface area contributed by atoms with Crippen LogP contribution in [-0.2, 0) is 25.8 Å². The molecule has 4 heterocycles. The smallest absolute Gasteiger partial charge is 0.238 e. The predicted octanol–water partition coefficient (Wildman–Crippen LogP) is 4.71. The van der Waals surface area contributed by atoms with Crippen molar-refractivity contribution < 1.29 is 17.6 Å². The second-order valence-electron chi connectivity index (χ2n) is 10.6. The van der Waals surface area contributed by atoms with Crippen LogP contribution in [0.1, 0.15) is 31.3 Å². The molecule has 1 fully saturated rings. The molecule has 1 amide bonds. The molecule has 1 aliphatic heterocycles. The zero-order chi connectivity index (χ0) is 27.0. The minimum atomic E-state index is -3.85. The Morgan fingerprint density at radius 2 is 2.08 bits per heavy atom. The number of thiophene rings is 1. The number of hydrogen-bond donors (Lipinski definition) is 1. The number of nitrogens with one attached hydrogen (secondary N) is 1. The highest BCUT2D eigenvalue weighted by Gasteiger charge is 2.45. The number of piperazine rings is 1. The fourth-order valence-electron chi connectivity index (χ4n) is 4.58. The lowest BCUT2D eigenvalue weighted by Crippen LogP contribution is -2.63. The molecule has 2 atom stereocenters. The third-order valence-corrected chi connectivity index (χ3v) is 9.73. The van der Waals surface area contributed by atoms with Crippen molar-refractivity contribution in [2.24, 2.45) is 5.41 Å². The minimum absolute atomic E-state index is 0.147. The number of carbonyl (C=O) groups excluding carboxylic acids is 1. The number of hydrogen-bond acceptors (Lipinski definition) is 6. The average Bonchev–Trinajstić information content (AvgIpc) is 3.41. The van der Waals surface area contributed by atoms with Crippen LogP contribution in [0.3, 0.4) is 0 Å². The summed E-state index contributed by atoms with van der Waals surface area (Å²) in [6, 6.07) is 6.89. The van der Waals surface area contributed by atoms with Crippen LogP contribution in [0, 0.1) is 5.41 Å². The number of amides is 1. The Morgan fingerprint density at radius 3 is 2.70 bits per heavy atom. The van der Waals surface area contributed by atoms with E-state index in [4.69, 9.17) is 16.0 Å². The monoisotopic (exact) mass is 580 g/mol. The van der Waals surface area contributed by atoms with E-state index in [1.807, 2.05) is 12.1 Å². The Morgan fingerprint density at radius 1 is 1.32 bits per heavy atom. The molecule has 0 spiro atoms. The predicted molar refractivity (Wildman–Crippen MR) is 152 cm³/mol. The number of halogens is 1. The zero-order valence-corrected chi connectivity index (χ0v) is 25.2. The van der Waals surface area contributed by atoms with E-state index in [0.29, 0.717) is 10.9 Å². The standard InChI is InChI=1S/C25H33ClN4O4S2Si/c1-25(2,3)24(34-37(4)5)21-15-29(36(32,33)11-9-19-6-7-22(26)35-19)16-23(31)30(21)14-18-12-17-13-27-10-8-20(17)28-18/h6-13,21,24,28,37H,14-16H2,1-5H3/b11-9+/t21?,24-/m0/s1. The van der Waals surface area contributed by atoms with Crippen LogP contribution in [0.5, 0.6) is 0 Å². The molecule has 37 heavy (non-hydrogen) atoms. The Hall–Kier alpha value is -2.02. The van der Waals surface area contributed by atoms with Crippen molar-refractivity contribution >= 4 is 64.9 Å². The topological polar surface area (TPSA) is 95.6 Å². The van der Waals surface area contributed by atoms with E-state index in [2.05, 4.69) is 43.8 Å². The third kappa shape index (κ3) is 6.71. The highest BCUT2D eigenvalue weighted by Crippen LogP contribution is 2.33. The van der Waals surface area contributed by atoms with Crippen LogP contribution < -0.4 is 0 Å². The molecule has 3 aromatic heterocycles. The molecule has 0 radical (unpaired) electrons. The quantitative estimate of drug-likeness (QED) is 0.389.